The molecule has 0 spiro atoms. The summed E-state index contributed by atoms with van der Waals surface area (Å²) in [6.45, 7) is 5.78. The van der Waals surface area contributed by atoms with Crippen LogP contribution in [-0.4, -0.2) is 51.9 Å². The number of carbonyl (C=O) groups excluding carboxylic acids is 1. The average Bonchev–Trinajstić information content (AvgIpc) is 2.25. The highest BCUT2D eigenvalue weighted by atomic mass is 32.2. The third kappa shape index (κ3) is 12.1. The Hall–Kier alpha value is -0.700. The number of ether oxygens (including phenoxy) is 1. The Bertz CT molecular complexity index is 355. The quantitative estimate of drug-likeness (QED) is 0.488. The molecule has 0 aromatic rings. The highest BCUT2D eigenvalue weighted by molar-refractivity contribution is 7.89. The number of hydrogen-bond donors (Lipinski definition) is 3. The molecule has 4 N–H and O–H groups in total. The maximum Gasteiger partial charge on any atom is 0.235 e. The summed E-state index contributed by atoms with van der Waals surface area (Å²) < 4.78 is 30.4. The number of amides is 1. The minimum atomic E-state index is -3.47. The predicted octanol–water partition coefficient (Wildman–Crippen LogP) is -0.816. The number of sulfonamides is 1. The van der Waals surface area contributed by atoms with E-state index < -0.39 is 10.0 Å². The fourth-order valence-corrected chi connectivity index (χ4v) is 1.95. The number of carbonyl (C=O) groups is 1. The van der Waals surface area contributed by atoms with Crippen molar-refractivity contribution >= 4 is 15.9 Å². The smallest absolute Gasteiger partial charge is 0.235 e. The summed E-state index contributed by atoms with van der Waals surface area (Å²) in [5.41, 5.74) is 5.52. The van der Waals surface area contributed by atoms with Gasteiger partial charge in [-0.15, -0.1) is 0 Å². The minimum Gasteiger partial charge on any atom is -0.378 e. The summed E-state index contributed by atoms with van der Waals surface area (Å²) in [5.74, 6) is -0.521. The number of nitrogens with one attached hydrogen (secondary N) is 2. The van der Waals surface area contributed by atoms with Crippen LogP contribution >= 0.6 is 0 Å². The van der Waals surface area contributed by atoms with E-state index in [1.807, 2.05) is 20.8 Å². The van der Waals surface area contributed by atoms with Crippen molar-refractivity contribution in [3.63, 3.8) is 0 Å². The van der Waals surface area contributed by atoms with Gasteiger partial charge >= 0.3 is 0 Å². The van der Waals surface area contributed by atoms with E-state index in [1.54, 1.807) is 0 Å². The maximum absolute atomic E-state index is 11.5. The van der Waals surface area contributed by atoms with Crippen LogP contribution in [0, 0.1) is 0 Å². The summed E-state index contributed by atoms with van der Waals surface area (Å²) in [6, 6.07) is 0.00479. The van der Waals surface area contributed by atoms with Gasteiger partial charge in [0.2, 0.25) is 15.9 Å². The molecule has 0 fully saturated rings. The summed E-state index contributed by atoms with van der Waals surface area (Å²) in [5, 5.41) is 2.58. The molecule has 0 heterocycles. The van der Waals surface area contributed by atoms with Gasteiger partial charge in [-0.3, -0.25) is 4.79 Å². The van der Waals surface area contributed by atoms with Crippen LogP contribution in [0.25, 0.3) is 0 Å². The Morgan fingerprint density at radius 3 is 2.47 bits per heavy atom. The third-order valence-corrected chi connectivity index (χ3v) is 3.47. The molecule has 0 rings (SSSR count). The lowest BCUT2D eigenvalue weighted by atomic mass is 10.2. The molecule has 0 saturated heterocycles. The van der Waals surface area contributed by atoms with Gasteiger partial charge in [-0.05, 0) is 27.2 Å². The van der Waals surface area contributed by atoms with Gasteiger partial charge < -0.3 is 15.8 Å². The van der Waals surface area contributed by atoms with E-state index >= 15 is 0 Å². The van der Waals surface area contributed by atoms with Crippen LogP contribution in [-0.2, 0) is 19.6 Å². The second kappa shape index (κ2) is 9.24. The molecule has 0 bridgehead atoms. The van der Waals surface area contributed by atoms with Gasteiger partial charge in [0.05, 0.1) is 25.0 Å². The highest BCUT2D eigenvalue weighted by Gasteiger charge is 2.12. The maximum atomic E-state index is 11.5. The molecular weight excluding hydrogens is 270 g/mol. The highest BCUT2D eigenvalue weighted by Crippen LogP contribution is 1.90. The van der Waals surface area contributed by atoms with Crippen molar-refractivity contribution < 1.29 is 17.9 Å². The Morgan fingerprint density at radius 2 is 1.95 bits per heavy atom. The van der Waals surface area contributed by atoms with Gasteiger partial charge in [-0.2, -0.15) is 0 Å². The lowest BCUT2D eigenvalue weighted by molar-refractivity contribution is -0.119. The zero-order valence-corrected chi connectivity index (χ0v) is 12.6. The summed E-state index contributed by atoms with van der Waals surface area (Å²) in [7, 11) is -3.47. The van der Waals surface area contributed by atoms with Gasteiger partial charge in [0, 0.05) is 12.6 Å². The topological polar surface area (TPSA) is 111 Å². The Labute approximate surface area is 115 Å². The molecule has 0 aliphatic heterocycles. The normalized spacial score (nSPS) is 13.5. The van der Waals surface area contributed by atoms with Crippen molar-refractivity contribution in [3.8, 4) is 0 Å². The van der Waals surface area contributed by atoms with Crippen LogP contribution < -0.4 is 15.8 Å². The van der Waals surface area contributed by atoms with Crippen LogP contribution in [0.15, 0.2) is 0 Å². The van der Waals surface area contributed by atoms with Crippen molar-refractivity contribution in [1.29, 1.82) is 0 Å². The molecule has 1 unspecified atom stereocenters. The first-order valence-corrected chi connectivity index (χ1v) is 7.99. The van der Waals surface area contributed by atoms with E-state index in [2.05, 4.69) is 10.0 Å². The second-order valence-corrected chi connectivity index (χ2v) is 6.60. The zero-order valence-electron chi connectivity index (χ0n) is 11.8. The monoisotopic (exact) mass is 295 g/mol. The van der Waals surface area contributed by atoms with Crippen LogP contribution in [0.1, 0.15) is 27.2 Å². The molecule has 114 valence electrons. The van der Waals surface area contributed by atoms with Crippen LogP contribution in [0.3, 0.4) is 0 Å². The molecule has 1 atom stereocenters. The summed E-state index contributed by atoms with van der Waals surface area (Å²) in [6.07, 6.45) is 0.637. The number of nitrogens with two attached hydrogens (primary N) is 1. The lowest BCUT2D eigenvalue weighted by Crippen LogP contribution is -2.39. The first kappa shape index (κ1) is 18.3. The van der Waals surface area contributed by atoms with Crippen molar-refractivity contribution in [1.82, 2.24) is 10.0 Å². The summed E-state index contributed by atoms with van der Waals surface area (Å²) >= 11 is 0. The Morgan fingerprint density at radius 1 is 1.32 bits per heavy atom. The molecule has 0 radical (unpaired) electrons. The van der Waals surface area contributed by atoms with E-state index in [0.717, 1.165) is 0 Å². The third-order valence-electron chi connectivity index (χ3n) is 2.18. The standard InChI is InChI=1S/C11H25N3O4S/c1-9(2)18-6-7-19(16,17)14-8-11(15)13-5-4-10(3)12/h9-10,14H,4-8,12H2,1-3H3,(H,13,15). The van der Waals surface area contributed by atoms with Gasteiger partial charge in [-0.1, -0.05) is 0 Å². The molecule has 0 aliphatic carbocycles. The van der Waals surface area contributed by atoms with E-state index in [9.17, 15) is 13.2 Å². The fourth-order valence-electron chi connectivity index (χ4n) is 1.14. The average molecular weight is 295 g/mol. The molecule has 0 aromatic carbocycles. The van der Waals surface area contributed by atoms with Crippen LogP contribution in [0.5, 0.6) is 0 Å². The van der Waals surface area contributed by atoms with E-state index in [1.165, 1.54) is 0 Å². The van der Waals surface area contributed by atoms with E-state index in [0.29, 0.717) is 13.0 Å². The van der Waals surface area contributed by atoms with E-state index in [-0.39, 0.29) is 37.0 Å². The molecule has 0 saturated carbocycles. The van der Waals surface area contributed by atoms with Crippen molar-refractivity contribution in [3.05, 3.63) is 0 Å². The van der Waals surface area contributed by atoms with Crippen molar-refractivity contribution in [2.45, 2.75) is 39.3 Å². The molecule has 0 aromatic heterocycles. The molecule has 7 nitrogen and oxygen atoms in total. The largest absolute Gasteiger partial charge is 0.378 e. The van der Waals surface area contributed by atoms with Gasteiger partial charge in [-0.25, -0.2) is 13.1 Å². The Kier molecular flexibility index (Phi) is 8.90. The molecule has 8 heteroatoms. The van der Waals surface area contributed by atoms with Crippen molar-refractivity contribution in [2.24, 2.45) is 5.73 Å². The lowest BCUT2D eigenvalue weighted by Gasteiger charge is -2.10. The number of hydrogen-bond acceptors (Lipinski definition) is 5. The zero-order chi connectivity index (χ0) is 14.9. The molecule has 19 heavy (non-hydrogen) atoms. The predicted molar refractivity (Wildman–Crippen MR) is 74.2 cm³/mol. The number of rotatable bonds is 10. The first-order valence-electron chi connectivity index (χ1n) is 6.34. The SMILES string of the molecule is CC(N)CCNC(=O)CNS(=O)(=O)CCOC(C)C. The molecular formula is C11H25N3O4S. The van der Waals surface area contributed by atoms with Gasteiger partial charge in [0.15, 0.2) is 0 Å². The van der Waals surface area contributed by atoms with E-state index in [4.69, 9.17) is 10.5 Å². The van der Waals surface area contributed by atoms with Gasteiger partial charge in [0.25, 0.3) is 0 Å². The van der Waals surface area contributed by atoms with Gasteiger partial charge in [0.1, 0.15) is 0 Å². The van der Waals surface area contributed by atoms with Crippen LogP contribution in [0.4, 0.5) is 0 Å². The molecule has 1 amide bonds. The molecule has 0 aliphatic rings. The first-order chi connectivity index (χ1) is 8.73. The minimum absolute atomic E-state index is 0.00479. The second-order valence-electron chi connectivity index (χ2n) is 4.68. The Balaban J connectivity index is 3.81. The summed E-state index contributed by atoms with van der Waals surface area (Å²) in [4.78, 5) is 11.3. The fraction of sp³-hybridized carbons (Fsp3) is 0.909. The van der Waals surface area contributed by atoms with Crippen molar-refractivity contribution in [2.75, 3.05) is 25.4 Å². The van der Waals surface area contributed by atoms with Crippen LogP contribution in [0.2, 0.25) is 0 Å².